The number of hydrogen-bond donors (Lipinski definition) is 1. The van der Waals surface area contributed by atoms with E-state index in [2.05, 4.69) is 20.2 Å². The lowest BCUT2D eigenvalue weighted by atomic mass is 9.97. The quantitative estimate of drug-likeness (QED) is 0.934. The Hall–Kier alpha value is -2.05. The predicted molar refractivity (Wildman–Crippen MR) is 89.0 cm³/mol. The standard InChI is InChI=1S/C18H21FN4O/c19-15-4-2-14(3-5-15)11-23-9-6-18(13-23)10-16(12-24-18)22-17-20-7-1-8-21-17/h1-5,7-8,16H,6,9-13H2,(H,20,21,22). The summed E-state index contributed by atoms with van der Waals surface area (Å²) in [5, 5.41) is 3.36. The smallest absolute Gasteiger partial charge is 0.222 e. The molecule has 0 amide bonds. The molecule has 2 fully saturated rings. The Balaban J connectivity index is 1.33. The van der Waals surface area contributed by atoms with Gasteiger partial charge in [0.2, 0.25) is 5.95 Å². The second kappa shape index (κ2) is 6.45. The fourth-order valence-corrected chi connectivity index (χ4v) is 3.69. The first-order chi connectivity index (χ1) is 11.7. The summed E-state index contributed by atoms with van der Waals surface area (Å²) in [5.74, 6) is 0.470. The van der Waals surface area contributed by atoms with E-state index in [0.717, 1.165) is 38.0 Å². The van der Waals surface area contributed by atoms with Crippen LogP contribution < -0.4 is 5.32 Å². The van der Waals surface area contributed by atoms with Crippen molar-refractivity contribution in [1.29, 1.82) is 0 Å². The first kappa shape index (κ1) is 15.5. The van der Waals surface area contributed by atoms with E-state index in [0.29, 0.717) is 12.6 Å². The molecule has 4 rings (SSSR count). The van der Waals surface area contributed by atoms with Crippen molar-refractivity contribution in [3.63, 3.8) is 0 Å². The molecule has 5 nitrogen and oxygen atoms in total. The number of aromatic nitrogens is 2. The number of ether oxygens (including phenoxy) is 1. The summed E-state index contributed by atoms with van der Waals surface area (Å²) in [6.45, 7) is 3.44. The largest absolute Gasteiger partial charge is 0.371 e. The van der Waals surface area contributed by atoms with Gasteiger partial charge in [0.15, 0.2) is 0 Å². The summed E-state index contributed by atoms with van der Waals surface area (Å²) >= 11 is 0. The Labute approximate surface area is 140 Å². The molecule has 1 aromatic heterocycles. The zero-order valence-corrected chi connectivity index (χ0v) is 13.5. The molecule has 2 unspecified atom stereocenters. The van der Waals surface area contributed by atoms with Crippen molar-refractivity contribution in [2.24, 2.45) is 0 Å². The third-order valence-electron chi connectivity index (χ3n) is 4.82. The van der Waals surface area contributed by atoms with Gasteiger partial charge in [-0.2, -0.15) is 0 Å². The van der Waals surface area contributed by atoms with Crippen LogP contribution in [0.1, 0.15) is 18.4 Å². The zero-order chi connectivity index (χ0) is 16.4. The fourth-order valence-electron chi connectivity index (χ4n) is 3.69. The van der Waals surface area contributed by atoms with Crippen molar-refractivity contribution in [3.05, 3.63) is 54.1 Å². The number of likely N-dealkylation sites (tertiary alicyclic amines) is 1. The van der Waals surface area contributed by atoms with Crippen molar-refractivity contribution >= 4 is 5.95 Å². The van der Waals surface area contributed by atoms with Gasteiger partial charge in [0.1, 0.15) is 5.82 Å². The van der Waals surface area contributed by atoms with Crippen LogP contribution in [0, 0.1) is 5.82 Å². The highest BCUT2D eigenvalue weighted by Crippen LogP contribution is 2.36. The summed E-state index contributed by atoms with van der Waals surface area (Å²) in [4.78, 5) is 10.8. The third-order valence-corrected chi connectivity index (χ3v) is 4.82. The summed E-state index contributed by atoms with van der Waals surface area (Å²) in [5.41, 5.74) is 1.06. The summed E-state index contributed by atoms with van der Waals surface area (Å²) in [6, 6.07) is 8.81. The molecule has 2 atom stereocenters. The van der Waals surface area contributed by atoms with Gasteiger partial charge < -0.3 is 10.1 Å². The van der Waals surface area contributed by atoms with Gasteiger partial charge >= 0.3 is 0 Å². The van der Waals surface area contributed by atoms with Gasteiger partial charge in [0, 0.05) is 38.4 Å². The summed E-state index contributed by atoms with van der Waals surface area (Å²) < 4.78 is 19.2. The maximum atomic E-state index is 13.0. The molecule has 2 aromatic rings. The maximum Gasteiger partial charge on any atom is 0.222 e. The van der Waals surface area contributed by atoms with Gasteiger partial charge in [0.25, 0.3) is 0 Å². The minimum Gasteiger partial charge on any atom is -0.371 e. The molecule has 3 heterocycles. The Morgan fingerprint density at radius 2 is 2.04 bits per heavy atom. The molecule has 0 radical (unpaired) electrons. The van der Waals surface area contributed by atoms with Crippen LogP contribution in [0.15, 0.2) is 42.7 Å². The molecule has 0 saturated carbocycles. The molecule has 126 valence electrons. The number of benzene rings is 1. The van der Waals surface area contributed by atoms with Crippen LogP contribution in [-0.4, -0.2) is 46.2 Å². The Morgan fingerprint density at radius 1 is 1.25 bits per heavy atom. The monoisotopic (exact) mass is 328 g/mol. The van der Waals surface area contributed by atoms with Crippen molar-refractivity contribution in [2.45, 2.75) is 31.0 Å². The van der Waals surface area contributed by atoms with Gasteiger partial charge in [-0.3, -0.25) is 4.90 Å². The number of rotatable bonds is 4. The molecule has 2 aliphatic rings. The topological polar surface area (TPSA) is 50.3 Å². The van der Waals surface area contributed by atoms with E-state index in [-0.39, 0.29) is 17.5 Å². The first-order valence-corrected chi connectivity index (χ1v) is 8.35. The molecule has 2 saturated heterocycles. The third kappa shape index (κ3) is 3.39. The fraction of sp³-hybridized carbons (Fsp3) is 0.444. The zero-order valence-electron chi connectivity index (χ0n) is 13.5. The number of nitrogens with zero attached hydrogens (tertiary/aromatic N) is 3. The molecule has 0 aliphatic carbocycles. The number of hydrogen-bond acceptors (Lipinski definition) is 5. The predicted octanol–water partition coefficient (Wildman–Crippen LogP) is 2.46. The van der Waals surface area contributed by atoms with E-state index in [1.807, 2.05) is 18.2 Å². The summed E-state index contributed by atoms with van der Waals surface area (Å²) in [6.07, 6.45) is 5.47. The molecule has 6 heteroatoms. The van der Waals surface area contributed by atoms with E-state index in [4.69, 9.17) is 4.74 Å². The van der Waals surface area contributed by atoms with Crippen LogP contribution in [0.5, 0.6) is 0 Å². The lowest BCUT2D eigenvalue weighted by Crippen LogP contribution is -2.33. The van der Waals surface area contributed by atoms with Crippen LogP contribution in [-0.2, 0) is 11.3 Å². The minimum absolute atomic E-state index is 0.0769. The molecular weight excluding hydrogens is 307 g/mol. The van der Waals surface area contributed by atoms with Crippen LogP contribution in [0.4, 0.5) is 10.3 Å². The minimum atomic E-state index is -0.187. The van der Waals surface area contributed by atoms with E-state index >= 15 is 0 Å². The highest BCUT2D eigenvalue weighted by atomic mass is 19.1. The lowest BCUT2D eigenvalue weighted by Gasteiger charge is -2.23. The Kier molecular flexibility index (Phi) is 4.16. The Bertz CT molecular complexity index is 681. The average Bonchev–Trinajstić information content (AvgIpc) is 3.17. The van der Waals surface area contributed by atoms with E-state index in [9.17, 15) is 4.39 Å². The van der Waals surface area contributed by atoms with Gasteiger partial charge in [-0.15, -0.1) is 0 Å². The lowest BCUT2D eigenvalue weighted by molar-refractivity contribution is 0.0120. The van der Waals surface area contributed by atoms with Gasteiger partial charge in [-0.1, -0.05) is 12.1 Å². The highest BCUT2D eigenvalue weighted by molar-refractivity contribution is 5.25. The Morgan fingerprint density at radius 3 is 2.83 bits per heavy atom. The molecule has 2 aliphatic heterocycles. The molecular formula is C18H21FN4O. The molecule has 1 N–H and O–H groups in total. The number of nitrogens with one attached hydrogen (secondary N) is 1. The van der Waals surface area contributed by atoms with Gasteiger partial charge in [-0.25, -0.2) is 14.4 Å². The summed E-state index contributed by atoms with van der Waals surface area (Å²) in [7, 11) is 0. The SMILES string of the molecule is Fc1ccc(CN2CCC3(CC(Nc4ncccn4)CO3)C2)cc1. The second-order valence-corrected chi connectivity index (χ2v) is 6.70. The van der Waals surface area contributed by atoms with Gasteiger partial charge in [-0.05, 0) is 30.2 Å². The van der Waals surface area contributed by atoms with Crippen molar-refractivity contribution < 1.29 is 9.13 Å². The van der Waals surface area contributed by atoms with Crippen molar-refractivity contribution in [2.75, 3.05) is 25.0 Å². The maximum absolute atomic E-state index is 13.0. The normalized spacial score (nSPS) is 27.0. The van der Waals surface area contributed by atoms with E-state index < -0.39 is 0 Å². The molecule has 1 spiro atoms. The van der Waals surface area contributed by atoms with Crippen LogP contribution in [0.2, 0.25) is 0 Å². The van der Waals surface area contributed by atoms with E-state index in [1.165, 1.54) is 12.1 Å². The number of halogens is 1. The second-order valence-electron chi connectivity index (χ2n) is 6.70. The first-order valence-electron chi connectivity index (χ1n) is 8.35. The number of anilines is 1. The van der Waals surface area contributed by atoms with Gasteiger partial charge in [0.05, 0.1) is 18.2 Å². The molecule has 24 heavy (non-hydrogen) atoms. The molecule has 1 aromatic carbocycles. The van der Waals surface area contributed by atoms with Crippen LogP contribution in [0.3, 0.4) is 0 Å². The molecule has 0 bridgehead atoms. The average molecular weight is 328 g/mol. The van der Waals surface area contributed by atoms with Crippen LogP contribution in [0.25, 0.3) is 0 Å². The van der Waals surface area contributed by atoms with E-state index in [1.54, 1.807) is 12.4 Å². The van der Waals surface area contributed by atoms with Crippen molar-refractivity contribution in [1.82, 2.24) is 14.9 Å². The highest BCUT2D eigenvalue weighted by Gasteiger charge is 2.45. The van der Waals surface area contributed by atoms with Crippen LogP contribution >= 0.6 is 0 Å². The van der Waals surface area contributed by atoms with Crippen molar-refractivity contribution in [3.8, 4) is 0 Å².